The molecule has 9 nitrogen and oxygen atoms in total. The molecule has 9 heteroatoms. The topological polar surface area (TPSA) is 111 Å². The first kappa shape index (κ1) is 22.4. The lowest BCUT2D eigenvalue weighted by atomic mass is 10.1. The van der Waals surface area contributed by atoms with Gasteiger partial charge in [-0.2, -0.15) is 0 Å². The zero-order valence-corrected chi connectivity index (χ0v) is 17.6. The summed E-state index contributed by atoms with van der Waals surface area (Å²) in [6.07, 6.45) is 3.29. The summed E-state index contributed by atoms with van der Waals surface area (Å²) in [7, 11) is 2.46. The van der Waals surface area contributed by atoms with Crippen LogP contribution in [0.1, 0.15) is 32.1 Å². The summed E-state index contributed by atoms with van der Waals surface area (Å²) in [6, 6.07) is 14.6. The minimum absolute atomic E-state index is 0.103. The van der Waals surface area contributed by atoms with Crippen molar-refractivity contribution in [3.05, 3.63) is 89.5 Å². The fourth-order valence-corrected chi connectivity index (χ4v) is 2.95. The Labute approximate surface area is 185 Å². The Morgan fingerprint density at radius 2 is 1.31 bits per heavy atom. The Morgan fingerprint density at radius 3 is 1.72 bits per heavy atom. The van der Waals surface area contributed by atoms with Gasteiger partial charge in [-0.15, -0.1) is 0 Å². The molecule has 0 radical (unpaired) electrons. The maximum Gasteiger partial charge on any atom is 0.337 e. The SMILES string of the molecule is COC(=O)c1cc(NC(=O)N(Cc2ccccn2)Cc2ccccn2)cc(C(=O)OC)c1. The van der Waals surface area contributed by atoms with Crippen LogP contribution in [0.4, 0.5) is 10.5 Å². The average Bonchev–Trinajstić information content (AvgIpc) is 2.83. The minimum atomic E-state index is -0.648. The van der Waals surface area contributed by atoms with Crippen LogP contribution >= 0.6 is 0 Å². The number of ether oxygens (including phenoxy) is 2. The minimum Gasteiger partial charge on any atom is -0.465 e. The number of nitrogens with one attached hydrogen (secondary N) is 1. The molecular formula is C23H22N4O5. The van der Waals surface area contributed by atoms with Gasteiger partial charge in [0.25, 0.3) is 0 Å². The summed E-state index contributed by atoms with van der Waals surface area (Å²) >= 11 is 0. The van der Waals surface area contributed by atoms with E-state index in [1.165, 1.54) is 37.3 Å². The monoisotopic (exact) mass is 434 g/mol. The van der Waals surface area contributed by atoms with Gasteiger partial charge in [-0.1, -0.05) is 12.1 Å². The highest BCUT2D eigenvalue weighted by Crippen LogP contribution is 2.18. The van der Waals surface area contributed by atoms with E-state index < -0.39 is 18.0 Å². The summed E-state index contributed by atoms with van der Waals surface area (Å²) < 4.78 is 9.48. The zero-order chi connectivity index (χ0) is 22.9. The summed E-state index contributed by atoms with van der Waals surface area (Å²) in [5.41, 5.74) is 1.83. The van der Waals surface area contributed by atoms with Crippen molar-refractivity contribution in [2.75, 3.05) is 19.5 Å². The van der Waals surface area contributed by atoms with E-state index in [-0.39, 0.29) is 29.9 Å². The van der Waals surface area contributed by atoms with Gasteiger partial charge in [0, 0.05) is 18.1 Å². The molecule has 0 unspecified atom stereocenters. The summed E-state index contributed by atoms with van der Waals surface area (Å²) in [5.74, 6) is -1.30. The van der Waals surface area contributed by atoms with Crippen molar-refractivity contribution < 1.29 is 23.9 Å². The lowest BCUT2D eigenvalue weighted by Crippen LogP contribution is -2.34. The Morgan fingerprint density at radius 1 is 0.812 bits per heavy atom. The fourth-order valence-electron chi connectivity index (χ4n) is 2.95. The molecule has 2 amide bonds. The van der Waals surface area contributed by atoms with Crippen LogP contribution in [0.2, 0.25) is 0 Å². The van der Waals surface area contributed by atoms with Crippen molar-refractivity contribution in [2.24, 2.45) is 0 Å². The molecule has 0 aliphatic carbocycles. The van der Waals surface area contributed by atoms with Crippen LogP contribution < -0.4 is 5.32 Å². The van der Waals surface area contributed by atoms with E-state index in [1.807, 2.05) is 24.3 Å². The first-order chi connectivity index (χ1) is 15.5. The van der Waals surface area contributed by atoms with Gasteiger partial charge in [0.1, 0.15) is 0 Å². The number of rotatable bonds is 7. The van der Waals surface area contributed by atoms with E-state index in [2.05, 4.69) is 15.3 Å². The number of urea groups is 1. The van der Waals surface area contributed by atoms with E-state index in [1.54, 1.807) is 24.5 Å². The van der Waals surface area contributed by atoms with Crippen LogP contribution in [-0.2, 0) is 22.6 Å². The van der Waals surface area contributed by atoms with Gasteiger partial charge in [0.15, 0.2) is 0 Å². The third-order valence-corrected chi connectivity index (χ3v) is 4.47. The van der Waals surface area contributed by atoms with Gasteiger partial charge in [-0.05, 0) is 42.5 Å². The molecule has 3 rings (SSSR count). The van der Waals surface area contributed by atoms with E-state index in [0.29, 0.717) is 11.4 Å². The van der Waals surface area contributed by atoms with Crippen LogP contribution in [-0.4, -0.2) is 47.1 Å². The Kier molecular flexibility index (Phi) is 7.47. The number of esters is 2. The highest BCUT2D eigenvalue weighted by molar-refractivity contribution is 5.99. The normalized spacial score (nSPS) is 10.2. The van der Waals surface area contributed by atoms with Gasteiger partial charge in [-0.25, -0.2) is 14.4 Å². The van der Waals surface area contributed by atoms with Crippen LogP contribution in [0.3, 0.4) is 0 Å². The second-order valence-electron chi connectivity index (χ2n) is 6.71. The smallest absolute Gasteiger partial charge is 0.337 e. The maximum absolute atomic E-state index is 13.1. The van der Waals surface area contributed by atoms with Crippen molar-refractivity contribution in [1.29, 1.82) is 0 Å². The third-order valence-electron chi connectivity index (χ3n) is 4.47. The molecule has 2 heterocycles. The molecule has 164 valence electrons. The third kappa shape index (κ3) is 5.88. The molecule has 0 spiro atoms. The quantitative estimate of drug-likeness (QED) is 0.568. The predicted octanol–water partition coefficient (Wildman–Crippen LogP) is 3.28. The molecule has 1 N–H and O–H groups in total. The molecule has 1 aromatic carbocycles. The molecule has 2 aromatic heterocycles. The van der Waals surface area contributed by atoms with Crippen LogP contribution in [0.15, 0.2) is 67.0 Å². The number of amides is 2. The van der Waals surface area contributed by atoms with Gasteiger partial charge >= 0.3 is 18.0 Å². The lowest BCUT2D eigenvalue weighted by molar-refractivity contribution is 0.0599. The molecule has 0 saturated carbocycles. The summed E-state index contributed by atoms with van der Waals surface area (Å²) in [5, 5.41) is 2.74. The predicted molar refractivity (Wildman–Crippen MR) is 116 cm³/mol. The Balaban J connectivity index is 1.88. The number of anilines is 1. The van der Waals surface area contributed by atoms with Crippen molar-refractivity contribution in [3.8, 4) is 0 Å². The number of nitrogens with zero attached hydrogens (tertiary/aromatic N) is 3. The molecular weight excluding hydrogens is 412 g/mol. The molecule has 32 heavy (non-hydrogen) atoms. The molecule has 0 atom stereocenters. The van der Waals surface area contributed by atoms with Crippen LogP contribution in [0.25, 0.3) is 0 Å². The van der Waals surface area contributed by atoms with Crippen molar-refractivity contribution in [3.63, 3.8) is 0 Å². The number of hydrogen-bond donors (Lipinski definition) is 1. The number of methoxy groups -OCH3 is 2. The van der Waals surface area contributed by atoms with Crippen molar-refractivity contribution in [2.45, 2.75) is 13.1 Å². The Bertz CT molecular complexity index is 1010. The molecule has 0 saturated heterocycles. The van der Waals surface area contributed by atoms with E-state index in [0.717, 1.165) is 0 Å². The highest BCUT2D eigenvalue weighted by Gasteiger charge is 2.19. The molecule has 0 fully saturated rings. The number of aromatic nitrogens is 2. The molecule has 0 aliphatic rings. The van der Waals surface area contributed by atoms with Crippen molar-refractivity contribution >= 4 is 23.7 Å². The Hall–Kier alpha value is -4.27. The highest BCUT2D eigenvalue weighted by atomic mass is 16.5. The molecule has 0 aliphatic heterocycles. The van der Waals surface area contributed by atoms with Crippen LogP contribution in [0, 0.1) is 0 Å². The summed E-state index contributed by atoms with van der Waals surface area (Å²) in [4.78, 5) is 47.3. The maximum atomic E-state index is 13.1. The standard InChI is InChI=1S/C23H22N4O5/c1-31-21(28)16-11-17(22(29)32-2)13-20(12-16)26-23(30)27(14-18-7-3-5-9-24-18)15-19-8-4-6-10-25-19/h3-13H,14-15H2,1-2H3,(H,26,30). The van der Waals surface area contributed by atoms with Gasteiger partial charge < -0.3 is 19.7 Å². The average molecular weight is 434 g/mol. The summed E-state index contributed by atoms with van der Waals surface area (Å²) in [6.45, 7) is 0.452. The van der Waals surface area contributed by atoms with E-state index in [4.69, 9.17) is 9.47 Å². The first-order valence-electron chi connectivity index (χ1n) is 9.67. The largest absolute Gasteiger partial charge is 0.465 e. The second-order valence-corrected chi connectivity index (χ2v) is 6.71. The first-order valence-corrected chi connectivity index (χ1v) is 9.67. The number of pyridine rings is 2. The molecule has 3 aromatic rings. The second kappa shape index (κ2) is 10.7. The molecule has 0 bridgehead atoms. The van der Waals surface area contributed by atoms with Crippen molar-refractivity contribution in [1.82, 2.24) is 14.9 Å². The van der Waals surface area contributed by atoms with E-state index >= 15 is 0 Å². The van der Waals surface area contributed by atoms with E-state index in [9.17, 15) is 14.4 Å². The number of hydrogen-bond acceptors (Lipinski definition) is 7. The number of carbonyl (C=O) groups excluding carboxylic acids is 3. The van der Waals surface area contributed by atoms with Gasteiger partial charge in [0.05, 0.1) is 49.8 Å². The lowest BCUT2D eigenvalue weighted by Gasteiger charge is -2.23. The zero-order valence-electron chi connectivity index (χ0n) is 17.6. The fraction of sp³-hybridized carbons (Fsp3) is 0.174. The van der Waals surface area contributed by atoms with Gasteiger partial charge in [0.2, 0.25) is 0 Å². The number of benzene rings is 1. The number of carbonyl (C=O) groups is 3. The van der Waals surface area contributed by atoms with Crippen LogP contribution in [0.5, 0.6) is 0 Å². The van der Waals surface area contributed by atoms with Gasteiger partial charge in [-0.3, -0.25) is 9.97 Å².